The fourth-order valence-corrected chi connectivity index (χ4v) is 4.95. The van der Waals surface area contributed by atoms with Crippen LogP contribution in [-0.4, -0.2) is 36.8 Å². The van der Waals surface area contributed by atoms with E-state index in [4.69, 9.17) is 19.2 Å². The zero-order valence-electron chi connectivity index (χ0n) is 19.0. The second-order valence-electron chi connectivity index (χ2n) is 8.05. The van der Waals surface area contributed by atoms with Crippen LogP contribution in [0.1, 0.15) is 30.1 Å². The Morgan fingerprint density at radius 2 is 1.82 bits per heavy atom. The largest absolute Gasteiger partial charge is 0.494 e. The molecule has 0 saturated carbocycles. The van der Waals surface area contributed by atoms with Crippen LogP contribution in [0.4, 0.5) is 5.13 Å². The third-order valence-electron chi connectivity index (χ3n) is 5.63. The van der Waals surface area contributed by atoms with Gasteiger partial charge >= 0.3 is 0 Å². The molecule has 5 rings (SSSR count). The number of aromatic nitrogens is 1. The molecule has 1 aliphatic rings. The molecule has 7 heteroatoms. The highest BCUT2D eigenvalue weighted by molar-refractivity contribution is 7.22. The Labute approximate surface area is 202 Å². The minimum absolute atomic E-state index is 0.00985. The number of carbonyl (C=O) groups excluding carboxylic acids is 1. The molecule has 1 amide bonds. The molecule has 1 atom stereocenters. The van der Waals surface area contributed by atoms with Crippen LogP contribution in [0.25, 0.3) is 10.2 Å². The molecule has 0 aliphatic carbocycles. The molecule has 3 aromatic carbocycles. The van der Waals surface area contributed by atoms with E-state index in [2.05, 4.69) is 0 Å². The van der Waals surface area contributed by atoms with Crippen molar-refractivity contribution in [3.05, 3.63) is 78.4 Å². The quantitative estimate of drug-likeness (QED) is 0.299. The highest BCUT2D eigenvalue weighted by Gasteiger charge is 2.27. The van der Waals surface area contributed by atoms with Gasteiger partial charge in [0.05, 0.1) is 29.5 Å². The third kappa shape index (κ3) is 5.05. The number of hydrogen-bond donors (Lipinski definition) is 0. The fourth-order valence-electron chi connectivity index (χ4n) is 3.95. The van der Waals surface area contributed by atoms with Gasteiger partial charge in [0.25, 0.3) is 5.91 Å². The van der Waals surface area contributed by atoms with Crippen LogP contribution >= 0.6 is 11.3 Å². The average Bonchev–Trinajstić information content (AvgIpc) is 3.53. The molecule has 0 bridgehead atoms. The number of para-hydroxylation sites is 1. The molecule has 1 aliphatic heterocycles. The summed E-state index contributed by atoms with van der Waals surface area (Å²) in [6.45, 7) is 3.76. The Kier molecular flexibility index (Phi) is 6.74. The van der Waals surface area contributed by atoms with Crippen molar-refractivity contribution in [1.82, 2.24) is 4.98 Å². The highest BCUT2D eigenvalue weighted by atomic mass is 32.1. The van der Waals surface area contributed by atoms with Crippen molar-refractivity contribution < 1.29 is 19.0 Å². The van der Waals surface area contributed by atoms with E-state index >= 15 is 0 Å². The summed E-state index contributed by atoms with van der Waals surface area (Å²) >= 11 is 1.49. The standard InChI is InChI=1S/C27H26N2O4S/c1-2-31-22-14-15-24-25(17-22)34-27(28-24)29(18-23-9-6-16-32-23)26(30)19-10-12-21(13-11-19)33-20-7-4-3-5-8-20/h3-5,7-8,10-15,17,23H,2,6,9,16,18H2,1H3. The van der Waals surface area contributed by atoms with Crippen LogP contribution in [0.2, 0.25) is 0 Å². The second-order valence-corrected chi connectivity index (χ2v) is 9.06. The van der Waals surface area contributed by atoms with Crippen molar-refractivity contribution in [2.24, 2.45) is 0 Å². The van der Waals surface area contributed by atoms with Gasteiger partial charge in [-0.05, 0) is 74.4 Å². The smallest absolute Gasteiger partial charge is 0.260 e. The summed E-state index contributed by atoms with van der Waals surface area (Å²) in [6.07, 6.45) is 1.96. The number of nitrogens with zero attached hydrogens (tertiary/aromatic N) is 2. The normalized spacial score (nSPS) is 15.4. The zero-order valence-corrected chi connectivity index (χ0v) is 19.8. The van der Waals surface area contributed by atoms with E-state index in [-0.39, 0.29) is 12.0 Å². The second kappa shape index (κ2) is 10.2. The molecule has 4 aromatic rings. The Bertz CT molecular complexity index is 1250. The van der Waals surface area contributed by atoms with Crippen LogP contribution in [0.3, 0.4) is 0 Å². The van der Waals surface area contributed by atoms with Gasteiger partial charge in [-0.3, -0.25) is 9.69 Å². The molecule has 1 saturated heterocycles. The van der Waals surface area contributed by atoms with E-state index in [1.54, 1.807) is 17.0 Å². The van der Waals surface area contributed by atoms with Crippen LogP contribution in [0.5, 0.6) is 17.2 Å². The maximum absolute atomic E-state index is 13.6. The highest BCUT2D eigenvalue weighted by Crippen LogP contribution is 2.33. The topological polar surface area (TPSA) is 60.9 Å². The summed E-state index contributed by atoms with van der Waals surface area (Å²) in [5.74, 6) is 2.13. The first-order valence-corrected chi connectivity index (χ1v) is 12.3. The molecule has 0 radical (unpaired) electrons. The molecule has 1 fully saturated rings. The predicted octanol–water partition coefficient (Wildman–Crippen LogP) is 6.31. The molecule has 1 unspecified atom stereocenters. The minimum Gasteiger partial charge on any atom is -0.494 e. The van der Waals surface area contributed by atoms with Crippen molar-refractivity contribution in [1.29, 1.82) is 0 Å². The lowest BCUT2D eigenvalue weighted by atomic mass is 10.1. The average molecular weight is 475 g/mol. The Morgan fingerprint density at radius 1 is 1.06 bits per heavy atom. The van der Waals surface area contributed by atoms with Gasteiger partial charge < -0.3 is 14.2 Å². The van der Waals surface area contributed by atoms with Gasteiger partial charge in [-0.25, -0.2) is 4.98 Å². The van der Waals surface area contributed by atoms with E-state index in [1.807, 2.05) is 67.6 Å². The first-order chi connectivity index (χ1) is 16.7. The number of ether oxygens (including phenoxy) is 3. The summed E-state index contributed by atoms with van der Waals surface area (Å²) in [7, 11) is 0. The first kappa shape index (κ1) is 22.4. The van der Waals surface area contributed by atoms with E-state index in [9.17, 15) is 4.79 Å². The zero-order chi connectivity index (χ0) is 23.3. The summed E-state index contributed by atoms with van der Waals surface area (Å²) in [4.78, 5) is 20.1. The Morgan fingerprint density at radius 3 is 2.56 bits per heavy atom. The van der Waals surface area contributed by atoms with Gasteiger partial charge in [0, 0.05) is 12.2 Å². The lowest BCUT2D eigenvalue weighted by Gasteiger charge is -2.23. The summed E-state index contributed by atoms with van der Waals surface area (Å²) in [5, 5.41) is 0.661. The predicted molar refractivity (Wildman–Crippen MR) is 134 cm³/mol. The molecule has 34 heavy (non-hydrogen) atoms. The maximum atomic E-state index is 13.6. The number of anilines is 1. The van der Waals surface area contributed by atoms with E-state index in [0.717, 1.165) is 41.2 Å². The van der Waals surface area contributed by atoms with E-state index in [0.29, 0.717) is 29.6 Å². The molecule has 1 aromatic heterocycles. The van der Waals surface area contributed by atoms with Gasteiger partial charge in [0.15, 0.2) is 5.13 Å². The van der Waals surface area contributed by atoms with Gasteiger partial charge in [0.1, 0.15) is 17.2 Å². The van der Waals surface area contributed by atoms with Crippen molar-refractivity contribution in [2.45, 2.75) is 25.9 Å². The fraction of sp³-hybridized carbons (Fsp3) is 0.259. The molecular formula is C27H26N2O4S. The molecular weight excluding hydrogens is 448 g/mol. The number of carbonyl (C=O) groups is 1. The Hall–Kier alpha value is -3.42. The molecule has 0 spiro atoms. The van der Waals surface area contributed by atoms with E-state index in [1.165, 1.54) is 11.3 Å². The van der Waals surface area contributed by atoms with E-state index < -0.39 is 0 Å². The molecule has 6 nitrogen and oxygen atoms in total. The van der Waals surface area contributed by atoms with Gasteiger partial charge in [0.2, 0.25) is 0 Å². The van der Waals surface area contributed by atoms with Crippen molar-refractivity contribution >= 4 is 32.6 Å². The van der Waals surface area contributed by atoms with Crippen molar-refractivity contribution in [3.8, 4) is 17.2 Å². The maximum Gasteiger partial charge on any atom is 0.260 e. The van der Waals surface area contributed by atoms with Crippen LogP contribution in [-0.2, 0) is 4.74 Å². The summed E-state index contributed by atoms with van der Waals surface area (Å²) in [6, 6.07) is 22.6. The van der Waals surface area contributed by atoms with Gasteiger partial charge in [-0.1, -0.05) is 29.5 Å². The molecule has 2 heterocycles. The lowest BCUT2D eigenvalue weighted by molar-refractivity contribution is 0.0917. The third-order valence-corrected chi connectivity index (χ3v) is 6.67. The SMILES string of the molecule is CCOc1ccc2nc(N(CC3CCCO3)C(=O)c3ccc(Oc4ccccc4)cc3)sc2c1. The number of rotatable bonds is 8. The minimum atomic E-state index is -0.106. The number of thiazole rings is 1. The van der Waals surface area contributed by atoms with Gasteiger partial charge in [-0.15, -0.1) is 0 Å². The number of hydrogen-bond acceptors (Lipinski definition) is 6. The number of fused-ring (bicyclic) bond motifs is 1. The monoisotopic (exact) mass is 474 g/mol. The number of amides is 1. The van der Waals surface area contributed by atoms with Gasteiger partial charge in [-0.2, -0.15) is 0 Å². The van der Waals surface area contributed by atoms with Crippen molar-refractivity contribution in [2.75, 3.05) is 24.7 Å². The summed E-state index contributed by atoms with van der Waals surface area (Å²) < 4.78 is 18.3. The molecule has 174 valence electrons. The summed E-state index contributed by atoms with van der Waals surface area (Å²) in [5.41, 5.74) is 1.42. The van der Waals surface area contributed by atoms with Crippen LogP contribution in [0, 0.1) is 0 Å². The van der Waals surface area contributed by atoms with Crippen LogP contribution < -0.4 is 14.4 Å². The molecule has 0 N–H and O–H groups in total. The Balaban J connectivity index is 1.41. The van der Waals surface area contributed by atoms with Crippen LogP contribution in [0.15, 0.2) is 72.8 Å². The first-order valence-electron chi connectivity index (χ1n) is 11.5. The number of benzene rings is 3. The lowest BCUT2D eigenvalue weighted by Crippen LogP contribution is -2.37. The van der Waals surface area contributed by atoms with Crippen molar-refractivity contribution in [3.63, 3.8) is 0 Å².